The van der Waals surface area contributed by atoms with E-state index in [1.54, 1.807) is 7.05 Å². The minimum absolute atomic E-state index is 0.0383. The number of hydrogen-bond donors (Lipinski definition) is 1. The van der Waals surface area contributed by atoms with Gasteiger partial charge in [0.05, 0.1) is 12.7 Å². The number of aliphatic hydroxyl groups excluding tert-OH is 1. The minimum Gasteiger partial charge on any atom is -0.484 e. The standard InChI is InChI=1S/C15H23NO4/c1-4-12-6-5-7-14(8-12)20-11-15(18)16(2)9-13(17)10-19-3/h5-8,13,17H,4,9-11H2,1-3H3. The van der Waals surface area contributed by atoms with E-state index in [-0.39, 0.29) is 25.7 Å². The van der Waals surface area contributed by atoms with Crippen LogP contribution in [0, 0.1) is 0 Å². The Balaban J connectivity index is 2.41. The predicted molar refractivity (Wildman–Crippen MR) is 76.8 cm³/mol. The normalized spacial score (nSPS) is 12.0. The fourth-order valence-electron chi connectivity index (χ4n) is 1.77. The molecule has 112 valence electrons. The lowest BCUT2D eigenvalue weighted by Gasteiger charge is -2.20. The van der Waals surface area contributed by atoms with Crippen molar-refractivity contribution < 1.29 is 19.4 Å². The zero-order valence-corrected chi connectivity index (χ0v) is 12.3. The number of aryl methyl sites for hydroxylation is 1. The Morgan fingerprint density at radius 1 is 1.45 bits per heavy atom. The number of carbonyl (C=O) groups excluding carboxylic acids is 1. The molecule has 1 unspecified atom stereocenters. The fourth-order valence-corrected chi connectivity index (χ4v) is 1.77. The molecular weight excluding hydrogens is 258 g/mol. The quantitative estimate of drug-likeness (QED) is 0.775. The maximum Gasteiger partial charge on any atom is 0.260 e. The number of likely N-dealkylation sites (N-methyl/N-ethyl adjacent to an activating group) is 1. The van der Waals surface area contributed by atoms with Gasteiger partial charge in [-0.05, 0) is 24.1 Å². The van der Waals surface area contributed by atoms with Crippen LogP contribution in [0.2, 0.25) is 0 Å². The van der Waals surface area contributed by atoms with Crippen molar-refractivity contribution in [1.29, 1.82) is 0 Å². The number of rotatable bonds is 8. The van der Waals surface area contributed by atoms with E-state index in [1.165, 1.54) is 17.6 Å². The zero-order chi connectivity index (χ0) is 15.0. The van der Waals surface area contributed by atoms with Gasteiger partial charge in [-0.1, -0.05) is 19.1 Å². The van der Waals surface area contributed by atoms with Crippen LogP contribution in [0.4, 0.5) is 0 Å². The number of hydrogen-bond acceptors (Lipinski definition) is 4. The van der Waals surface area contributed by atoms with Gasteiger partial charge in [0.2, 0.25) is 0 Å². The van der Waals surface area contributed by atoms with Crippen LogP contribution in [0.3, 0.4) is 0 Å². The summed E-state index contributed by atoms with van der Waals surface area (Å²) in [6.07, 6.45) is 0.242. The van der Waals surface area contributed by atoms with E-state index in [9.17, 15) is 9.90 Å². The van der Waals surface area contributed by atoms with E-state index in [0.717, 1.165) is 6.42 Å². The van der Waals surface area contributed by atoms with Crippen molar-refractivity contribution in [3.63, 3.8) is 0 Å². The van der Waals surface area contributed by atoms with Crippen molar-refractivity contribution in [1.82, 2.24) is 4.90 Å². The molecule has 0 aliphatic carbocycles. The lowest BCUT2D eigenvalue weighted by molar-refractivity contribution is -0.133. The van der Waals surface area contributed by atoms with Crippen LogP contribution >= 0.6 is 0 Å². The number of amides is 1. The van der Waals surface area contributed by atoms with Gasteiger partial charge in [0, 0.05) is 20.7 Å². The lowest BCUT2D eigenvalue weighted by atomic mass is 10.2. The summed E-state index contributed by atoms with van der Waals surface area (Å²) in [6.45, 7) is 2.46. The van der Waals surface area contributed by atoms with Gasteiger partial charge in [-0.2, -0.15) is 0 Å². The summed E-state index contributed by atoms with van der Waals surface area (Å²) in [6, 6.07) is 7.67. The number of aliphatic hydroxyl groups is 1. The highest BCUT2D eigenvalue weighted by molar-refractivity contribution is 5.77. The van der Waals surface area contributed by atoms with E-state index in [4.69, 9.17) is 9.47 Å². The Kier molecular flexibility index (Phi) is 7.04. The molecular formula is C15H23NO4. The molecule has 1 atom stereocenters. The van der Waals surface area contributed by atoms with Crippen molar-refractivity contribution in [3.05, 3.63) is 29.8 Å². The average Bonchev–Trinajstić information content (AvgIpc) is 2.45. The second-order valence-corrected chi connectivity index (χ2v) is 4.67. The van der Waals surface area contributed by atoms with Crippen molar-refractivity contribution in [2.24, 2.45) is 0 Å². The van der Waals surface area contributed by atoms with E-state index in [0.29, 0.717) is 5.75 Å². The third-order valence-electron chi connectivity index (χ3n) is 2.94. The molecule has 1 aromatic rings. The molecule has 1 rings (SSSR count). The van der Waals surface area contributed by atoms with Crippen molar-refractivity contribution >= 4 is 5.91 Å². The first-order valence-corrected chi connectivity index (χ1v) is 6.69. The molecule has 1 N–H and O–H groups in total. The summed E-state index contributed by atoms with van der Waals surface area (Å²) in [4.78, 5) is 13.3. The molecule has 0 spiro atoms. The van der Waals surface area contributed by atoms with Gasteiger partial charge in [0.1, 0.15) is 5.75 Å². The monoisotopic (exact) mass is 281 g/mol. The number of carbonyl (C=O) groups is 1. The first-order valence-electron chi connectivity index (χ1n) is 6.69. The van der Waals surface area contributed by atoms with Gasteiger partial charge >= 0.3 is 0 Å². The van der Waals surface area contributed by atoms with Crippen LogP contribution in [-0.4, -0.2) is 55.9 Å². The van der Waals surface area contributed by atoms with Gasteiger partial charge in [-0.25, -0.2) is 0 Å². The Hall–Kier alpha value is -1.59. The Morgan fingerprint density at radius 3 is 2.85 bits per heavy atom. The first kappa shape index (κ1) is 16.5. The summed E-state index contributed by atoms with van der Waals surface area (Å²) < 4.78 is 10.3. The number of ether oxygens (including phenoxy) is 2. The summed E-state index contributed by atoms with van der Waals surface area (Å²) in [5.41, 5.74) is 1.17. The summed E-state index contributed by atoms with van der Waals surface area (Å²) in [7, 11) is 3.14. The van der Waals surface area contributed by atoms with E-state index < -0.39 is 6.10 Å². The van der Waals surface area contributed by atoms with E-state index >= 15 is 0 Å². The molecule has 0 saturated carbocycles. The average molecular weight is 281 g/mol. The van der Waals surface area contributed by atoms with Gasteiger partial charge < -0.3 is 19.5 Å². The van der Waals surface area contributed by atoms with Gasteiger partial charge in [0.15, 0.2) is 6.61 Å². The first-order chi connectivity index (χ1) is 9.56. The highest BCUT2D eigenvalue weighted by atomic mass is 16.5. The van der Waals surface area contributed by atoms with Gasteiger partial charge in [-0.15, -0.1) is 0 Å². The van der Waals surface area contributed by atoms with Crippen LogP contribution in [0.1, 0.15) is 12.5 Å². The number of methoxy groups -OCH3 is 1. The molecule has 0 heterocycles. The van der Waals surface area contributed by atoms with Crippen LogP contribution in [0.5, 0.6) is 5.75 Å². The second kappa shape index (κ2) is 8.55. The predicted octanol–water partition coefficient (Wildman–Crippen LogP) is 1.09. The molecule has 5 heteroatoms. The Labute approximate surface area is 120 Å². The molecule has 0 fully saturated rings. The van der Waals surface area contributed by atoms with Crippen LogP contribution < -0.4 is 4.74 Å². The Bertz CT molecular complexity index is 422. The van der Waals surface area contributed by atoms with Crippen molar-refractivity contribution in [2.45, 2.75) is 19.4 Å². The molecule has 0 radical (unpaired) electrons. The second-order valence-electron chi connectivity index (χ2n) is 4.67. The SMILES string of the molecule is CCc1cccc(OCC(=O)N(C)CC(O)COC)c1. The fraction of sp³-hybridized carbons (Fsp3) is 0.533. The zero-order valence-electron chi connectivity index (χ0n) is 12.3. The van der Waals surface area contributed by atoms with Gasteiger partial charge in [0.25, 0.3) is 5.91 Å². The lowest BCUT2D eigenvalue weighted by Crippen LogP contribution is -2.38. The molecule has 20 heavy (non-hydrogen) atoms. The molecule has 0 saturated heterocycles. The molecule has 0 bridgehead atoms. The topological polar surface area (TPSA) is 59.0 Å². The molecule has 1 amide bonds. The highest BCUT2D eigenvalue weighted by Crippen LogP contribution is 2.13. The minimum atomic E-state index is -0.683. The Morgan fingerprint density at radius 2 is 2.20 bits per heavy atom. The maximum absolute atomic E-state index is 11.9. The number of benzene rings is 1. The molecule has 5 nitrogen and oxygen atoms in total. The van der Waals surface area contributed by atoms with Crippen LogP contribution in [-0.2, 0) is 16.0 Å². The smallest absolute Gasteiger partial charge is 0.260 e. The van der Waals surface area contributed by atoms with Gasteiger partial charge in [-0.3, -0.25) is 4.79 Å². The van der Waals surface area contributed by atoms with Crippen LogP contribution in [0.15, 0.2) is 24.3 Å². The highest BCUT2D eigenvalue weighted by Gasteiger charge is 2.14. The number of nitrogens with zero attached hydrogens (tertiary/aromatic N) is 1. The summed E-state index contributed by atoms with van der Waals surface area (Å²) in [5.74, 6) is 0.505. The van der Waals surface area contributed by atoms with E-state index in [1.807, 2.05) is 24.3 Å². The third-order valence-corrected chi connectivity index (χ3v) is 2.94. The largest absolute Gasteiger partial charge is 0.484 e. The maximum atomic E-state index is 11.9. The third kappa shape index (κ3) is 5.59. The van der Waals surface area contributed by atoms with Crippen molar-refractivity contribution in [3.8, 4) is 5.75 Å². The summed E-state index contributed by atoms with van der Waals surface area (Å²) >= 11 is 0. The van der Waals surface area contributed by atoms with E-state index in [2.05, 4.69) is 6.92 Å². The van der Waals surface area contributed by atoms with Crippen LogP contribution in [0.25, 0.3) is 0 Å². The molecule has 0 aliphatic heterocycles. The summed E-state index contributed by atoms with van der Waals surface area (Å²) in [5, 5.41) is 9.56. The molecule has 0 aromatic heterocycles. The molecule has 0 aliphatic rings. The van der Waals surface area contributed by atoms with Crippen molar-refractivity contribution in [2.75, 3.05) is 33.9 Å². The molecule has 1 aromatic carbocycles.